The van der Waals surface area contributed by atoms with E-state index in [0.29, 0.717) is 25.0 Å². The molecule has 0 spiro atoms. The third kappa shape index (κ3) is 4.48. The number of β-amino-alcohol motifs (C(OH)–C–C–N with tert-alkyl or cyclic N) is 1. The lowest BCUT2D eigenvalue weighted by Crippen LogP contribution is -2.51. The van der Waals surface area contributed by atoms with Gasteiger partial charge in [0.25, 0.3) is 0 Å². The summed E-state index contributed by atoms with van der Waals surface area (Å²) in [5.74, 6) is 1.46. The molecule has 0 bridgehead atoms. The largest absolute Gasteiger partial charge is 0.491 e. The Hall–Kier alpha value is -1.59. The van der Waals surface area contributed by atoms with Crippen LogP contribution in [0.25, 0.3) is 0 Å². The van der Waals surface area contributed by atoms with Gasteiger partial charge in [-0.3, -0.25) is 9.69 Å². The Labute approximate surface area is 144 Å². The zero-order valence-corrected chi connectivity index (χ0v) is 14.7. The molecule has 1 aromatic rings. The molecule has 0 unspecified atom stereocenters. The number of benzene rings is 1. The molecular weight excluding hydrogens is 304 g/mol. The lowest BCUT2D eigenvalue weighted by Gasteiger charge is -2.35. The molecule has 5 heteroatoms. The summed E-state index contributed by atoms with van der Waals surface area (Å²) in [5, 5.41) is 10.2. The number of carbonyl (C=O) groups excluding carboxylic acids is 1. The van der Waals surface area contributed by atoms with Gasteiger partial charge in [0.05, 0.1) is 0 Å². The van der Waals surface area contributed by atoms with Crippen LogP contribution in [0.5, 0.6) is 5.75 Å². The lowest BCUT2D eigenvalue weighted by molar-refractivity contribution is -0.134. The topological polar surface area (TPSA) is 53.0 Å². The summed E-state index contributed by atoms with van der Waals surface area (Å²) in [6, 6.07) is 6.06. The maximum atomic E-state index is 12.0. The van der Waals surface area contributed by atoms with Crippen molar-refractivity contribution >= 4 is 5.91 Å². The van der Waals surface area contributed by atoms with Gasteiger partial charge in [0.2, 0.25) is 5.91 Å². The van der Waals surface area contributed by atoms with Crippen molar-refractivity contribution in [2.75, 3.05) is 39.3 Å². The first-order valence-electron chi connectivity index (χ1n) is 8.92. The summed E-state index contributed by atoms with van der Waals surface area (Å²) >= 11 is 0. The molecule has 24 heavy (non-hydrogen) atoms. The molecule has 1 atom stereocenters. The number of hydrogen-bond donors (Lipinski definition) is 1. The van der Waals surface area contributed by atoms with E-state index >= 15 is 0 Å². The summed E-state index contributed by atoms with van der Waals surface area (Å²) in [5.41, 5.74) is 2.30. The predicted octanol–water partition coefficient (Wildman–Crippen LogP) is 1.60. The molecule has 1 aromatic carbocycles. The Morgan fingerprint density at radius 2 is 1.96 bits per heavy atom. The fraction of sp³-hybridized carbons (Fsp3) is 0.632. The normalized spacial score (nSPS) is 20.0. The van der Waals surface area contributed by atoms with Crippen LogP contribution in [0.1, 0.15) is 24.0 Å². The van der Waals surface area contributed by atoms with Crippen LogP contribution in [0, 0.1) is 19.8 Å². The van der Waals surface area contributed by atoms with E-state index in [4.69, 9.17) is 4.74 Å². The minimum absolute atomic E-state index is 0.297. The molecule has 5 nitrogen and oxygen atoms in total. The van der Waals surface area contributed by atoms with Crippen LogP contribution in [-0.4, -0.2) is 66.2 Å². The Kier molecular flexibility index (Phi) is 5.41. The number of rotatable bonds is 6. The number of hydrogen-bond acceptors (Lipinski definition) is 4. The van der Waals surface area contributed by atoms with Crippen LogP contribution in [-0.2, 0) is 4.79 Å². The third-order valence-electron chi connectivity index (χ3n) is 4.84. The SMILES string of the molecule is Cc1ccc(OC[C@H](O)CN2CCN(C(=O)C3CC3)CC2)c(C)c1. The van der Waals surface area contributed by atoms with Crippen LogP contribution in [0.15, 0.2) is 18.2 Å². The van der Waals surface area contributed by atoms with Crippen molar-refractivity contribution in [3.8, 4) is 5.75 Å². The van der Waals surface area contributed by atoms with Crippen molar-refractivity contribution in [3.05, 3.63) is 29.3 Å². The molecule has 1 amide bonds. The number of nitrogens with zero attached hydrogens (tertiary/aromatic N) is 2. The average molecular weight is 332 g/mol. The van der Waals surface area contributed by atoms with Gasteiger partial charge in [-0.15, -0.1) is 0 Å². The summed E-state index contributed by atoms with van der Waals surface area (Å²) < 4.78 is 5.75. The van der Waals surface area contributed by atoms with E-state index in [2.05, 4.69) is 17.9 Å². The van der Waals surface area contributed by atoms with E-state index in [0.717, 1.165) is 50.3 Å². The van der Waals surface area contributed by atoms with Gasteiger partial charge in [-0.05, 0) is 38.3 Å². The zero-order valence-electron chi connectivity index (χ0n) is 14.7. The van der Waals surface area contributed by atoms with E-state index in [1.165, 1.54) is 5.56 Å². The van der Waals surface area contributed by atoms with E-state index < -0.39 is 6.10 Å². The fourth-order valence-corrected chi connectivity index (χ4v) is 3.24. The van der Waals surface area contributed by atoms with Crippen molar-refractivity contribution in [3.63, 3.8) is 0 Å². The number of aliphatic hydroxyl groups excluding tert-OH is 1. The molecule has 3 rings (SSSR count). The van der Waals surface area contributed by atoms with Crippen molar-refractivity contribution < 1.29 is 14.6 Å². The molecule has 2 fully saturated rings. The van der Waals surface area contributed by atoms with Crippen LogP contribution < -0.4 is 4.74 Å². The number of carbonyl (C=O) groups is 1. The summed E-state index contributed by atoms with van der Waals surface area (Å²) in [4.78, 5) is 16.2. The molecule has 1 saturated carbocycles. The van der Waals surface area contributed by atoms with Gasteiger partial charge in [-0.1, -0.05) is 17.7 Å². The van der Waals surface area contributed by atoms with Gasteiger partial charge in [0.1, 0.15) is 18.5 Å². The predicted molar refractivity (Wildman–Crippen MR) is 93.2 cm³/mol. The lowest BCUT2D eigenvalue weighted by atomic mass is 10.1. The van der Waals surface area contributed by atoms with Gasteiger partial charge in [-0.2, -0.15) is 0 Å². The monoisotopic (exact) mass is 332 g/mol. The average Bonchev–Trinajstić information content (AvgIpc) is 3.39. The molecule has 1 aliphatic heterocycles. The summed E-state index contributed by atoms with van der Waals surface area (Å²) in [6.45, 7) is 8.18. The Morgan fingerprint density at radius 1 is 1.25 bits per heavy atom. The van der Waals surface area contributed by atoms with E-state index in [1.807, 2.05) is 24.0 Å². The summed E-state index contributed by atoms with van der Waals surface area (Å²) in [6.07, 6.45) is 1.61. The van der Waals surface area contributed by atoms with E-state index in [9.17, 15) is 9.90 Å². The highest BCUT2D eigenvalue weighted by Gasteiger charge is 2.34. The highest BCUT2D eigenvalue weighted by Crippen LogP contribution is 2.31. The van der Waals surface area contributed by atoms with E-state index in [-0.39, 0.29) is 0 Å². The minimum Gasteiger partial charge on any atom is -0.491 e. The third-order valence-corrected chi connectivity index (χ3v) is 4.84. The summed E-state index contributed by atoms with van der Waals surface area (Å²) in [7, 11) is 0. The van der Waals surface area contributed by atoms with E-state index in [1.54, 1.807) is 0 Å². The Bertz CT molecular complexity index is 578. The second-order valence-corrected chi connectivity index (χ2v) is 7.13. The Morgan fingerprint density at radius 3 is 2.58 bits per heavy atom. The van der Waals surface area contributed by atoms with Gasteiger partial charge in [-0.25, -0.2) is 0 Å². The van der Waals surface area contributed by atoms with Crippen molar-refractivity contribution in [2.24, 2.45) is 5.92 Å². The van der Waals surface area contributed by atoms with Crippen LogP contribution >= 0.6 is 0 Å². The maximum absolute atomic E-state index is 12.0. The van der Waals surface area contributed by atoms with Crippen molar-refractivity contribution in [1.82, 2.24) is 9.80 Å². The van der Waals surface area contributed by atoms with Crippen LogP contribution in [0.4, 0.5) is 0 Å². The number of amides is 1. The first kappa shape index (κ1) is 17.2. The second kappa shape index (κ2) is 7.53. The number of aliphatic hydroxyl groups is 1. The molecule has 0 aromatic heterocycles. The first-order chi connectivity index (χ1) is 11.5. The van der Waals surface area contributed by atoms with Gasteiger partial charge in [0, 0.05) is 38.6 Å². The molecule has 1 heterocycles. The maximum Gasteiger partial charge on any atom is 0.225 e. The molecule has 0 radical (unpaired) electrons. The van der Waals surface area contributed by atoms with Crippen LogP contribution in [0.3, 0.4) is 0 Å². The van der Waals surface area contributed by atoms with Gasteiger partial charge < -0.3 is 14.7 Å². The van der Waals surface area contributed by atoms with Crippen molar-refractivity contribution in [1.29, 1.82) is 0 Å². The number of ether oxygens (including phenoxy) is 1. The number of piperazine rings is 1. The van der Waals surface area contributed by atoms with Gasteiger partial charge in [0.15, 0.2) is 0 Å². The Balaban J connectivity index is 1.39. The number of aryl methyl sites for hydroxylation is 2. The quantitative estimate of drug-likeness (QED) is 0.860. The highest BCUT2D eigenvalue weighted by molar-refractivity contribution is 5.81. The molecule has 1 N–H and O–H groups in total. The highest BCUT2D eigenvalue weighted by atomic mass is 16.5. The standard InChI is InChI=1S/C19H28N2O3/c1-14-3-6-18(15(2)11-14)24-13-17(22)12-20-7-9-21(10-8-20)19(23)16-4-5-16/h3,6,11,16-17,22H,4-5,7-10,12-13H2,1-2H3/t17-/m1/s1. The second-order valence-electron chi connectivity index (χ2n) is 7.13. The van der Waals surface area contributed by atoms with Gasteiger partial charge >= 0.3 is 0 Å². The fourth-order valence-electron chi connectivity index (χ4n) is 3.24. The van der Waals surface area contributed by atoms with Crippen LogP contribution in [0.2, 0.25) is 0 Å². The minimum atomic E-state index is -0.517. The zero-order chi connectivity index (χ0) is 17.1. The molecule has 1 aliphatic carbocycles. The molecule has 132 valence electrons. The first-order valence-corrected chi connectivity index (χ1v) is 8.92. The smallest absolute Gasteiger partial charge is 0.225 e. The molecule has 2 aliphatic rings. The van der Waals surface area contributed by atoms with Crippen molar-refractivity contribution in [2.45, 2.75) is 32.8 Å². The molecule has 1 saturated heterocycles. The molecular formula is C19H28N2O3.